The average molecular weight is 493 g/mol. The van der Waals surface area contributed by atoms with Crippen molar-refractivity contribution in [1.82, 2.24) is 4.31 Å². The number of rotatable bonds is 9. The van der Waals surface area contributed by atoms with Gasteiger partial charge >= 0.3 is 0 Å². The summed E-state index contributed by atoms with van der Waals surface area (Å²) in [6.07, 6.45) is 0. The molecule has 168 valence electrons. The van der Waals surface area contributed by atoms with Crippen molar-refractivity contribution in [3.63, 3.8) is 0 Å². The van der Waals surface area contributed by atoms with Crippen LogP contribution in [0.4, 0.5) is 5.69 Å². The van der Waals surface area contributed by atoms with Crippen molar-refractivity contribution in [3.8, 4) is 5.75 Å². The van der Waals surface area contributed by atoms with Crippen LogP contribution in [0.25, 0.3) is 0 Å². The van der Waals surface area contributed by atoms with Crippen LogP contribution in [-0.2, 0) is 21.4 Å². The Balaban J connectivity index is 1.84. The van der Waals surface area contributed by atoms with Crippen LogP contribution in [0.1, 0.15) is 12.5 Å². The number of benzene rings is 3. The fourth-order valence-electron chi connectivity index (χ4n) is 2.96. The number of sulfonamides is 1. The van der Waals surface area contributed by atoms with Crippen LogP contribution in [0.3, 0.4) is 0 Å². The second-order valence-corrected chi connectivity index (χ2v) is 9.61. The maximum absolute atomic E-state index is 13.3. The molecular formula is C23H22Cl2N2O4S. The lowest BCUT2D eigenvalue weighted by Gasteiger charge is -2.22. The first kappa shape index (κ1) is 24.1. The summed E-state index contributed by atoms with van der Waals surface area (Å²) in [6, 6.07) is 19.5. The smallest absolute Gasteiger partial charge is 0.243 e. The topological polar surface area (TPSA) is 75.7 Å². The zero-order valence-electron chi connectivity index (χ0n) is 17.3. The lowest BCUT2D eigenvalue weighted by molar-refractivity contribution is -0.116. The molecule has 0 bridgehead atoms. The summed E-state index contributed by atoms with van der Waals surface area (Å²) >= 11 is 12.1. The van der Waals surface area contributed by atoms with E-state index in [1.807, 2.05) is 6.92 Å². The fraction of sp³-hybridized carbons (Fsp3) is 0.174. The Kier molecular flexibility index (Phi) is 8.15. The summed E-state index contributed by atoms with van der Waals surface area (Å²) < 4.78 is 33.1. The van der Waals surface area contributed by atoms with Gasteiger partial charge in [0.1, 0.15) is 5.75 Å². The van der Waals surface area contributed by atoms with Crippen LogP contribution in [0.5, 0.6) is 5.75 Å². The molecule has 32 heavy (non-hydrogen) atoms. The minimum Gasteiger partial charge on any atom is -0.494 e. The number of carbonyl (C=O) groups is 1. The highest BCUT2D eigenvalue weighted by atomic mass is 35.5. The van der Waals surface area contributed by atoms with Gasteiger partial charge in [-0.15, -0.1) is 0 Å². The first-order valence-corrected chi connectivity index (χ1v) is 12.0. The molecular weight excluding hydrogens is 471 g/mol. The summed E-state index contributed by atoms with van der Waals surface area (Å²) in [4.78, 5) is 12.8. The molecule has 6 nitrogen and oxygen atoms in total. The van der Waals surface area contributed by atoms with Gasteiger partial charge in [0.2, 0.25) is 15.9 Å². The molecule has 0 fully saturated rings. The van der Waals surface area contributed by atoms with Crippen LogP contribution >= 0.6 is 23.2 Å². The van der Waals surface area contributed by atoms with Crippen LogP contribution in [0.15, 0.2) is 77.7 Å². The predicted octanol–water partition coefficient (Wildman–Crippen LogP) is 5.22. The van der Waals surface area contributed by atoms with E-state index in [1.165, 1.54) is 24.3 Å². The van der Waals surface area contributed by atoms with E-state index in [-0.39, 0.29) is 11.4 Å². The number of amides is 1. The minimum atomic E-state index is -4.00. The maximum Gasteiger partial charge on any atom is 0.243 e. The Labute approximate surface area is 197 Å². The fourth-order valence-corrected chi connectivity index (χ4v) is 4.66. The van der Waals surface area contributed by atoms with Gasteiger partial charge in [-0.05, 0) is 67.1 Å². The van der Waals surface area contributed by atoms with Crippen molar-refractivity contribution in [2.75, 3.05) is 18.5 Å². The predicted molar refractivity (Wildman–Crippen MR) is 127 cm³/mol. The Bertz CT molecular complexity index is 1170. The minimum absolute atomic E-state index is 0.0304. The highest BCUT2D eigenvalue weighted by Gasteiger charge is 2.27. The number of ether oxygens (including phenoxy) is 1. The SMILES string of the molecule is CCOc1ccc(NC(=O)CN(Cc2ccccc2Cl)S(=O)(=O)c2ccc(Cl)cc2)cc1. The zero-order chi connectivity index (χ0) is 23.1. The molecule has 0 unspecified atom stereocenters. The molecule has 3 aromatic carbocycles. The molecule has 1 N–H and O–H groups in total. The number of nitrogens with one attached hydrogen (secondary N) is 1. The second-order valence-electron chi connectivity index (χ2n) is 6.82. The van der Waals surface area contributed by atoms with Crippen LogP contribution in [-0.4, -0.2) is 31.8 Å². The van der Waals surface area contributed by atoms with E-state index in [1.54, 1.807) is 48.5 Å². The zero-order valence-corrected chi connectivity index (χ0v) is 19.6. The largest absolute Gasteiger partial charge is 0.494 e. The first-order valence-electron chi connectivity index (χ1n) is 9.81. The normalized spacial score (nSPS) is 11.4. The molecule has 0 spiro atoms. The lowest BCUT2D eigenvalue weighted by Crippen LogP contribution is -2.37. The Morgan fingerprint density at radius 1 is 0.969 bits per heavy atom. The first-order chi connectivity index (χ1) is 15.3. The van der Waals surface area contributed by atoms with Crippen molar-refractivity contribution in [2.24, 2.45) is 0 Å². The van der Waals surface area contributed by atoms with E-state index in [0.29, 0.717) is 33.7 Å². The third-order valence-electron chi connectivity index (χ3n) is 4.52. The second kappa shape index (κ2) is 10.8. The van der Waals surface area contributed by atoms with Crippen molar-refractivity contribution in [2.45, 2.75) is 18.4 Å². The lowest BCUT2D eigenvalue weighted by atomic mass is 10.2. The Morgan fingerprint density at radius 3 is 2.25 bits per heavy atom. The Hall–Kier alpha value is -2.58. The number of anilines is 1. The third-order valence-corrected chi connectivity index (χ3v) is 6.95. The molecule has 0 heterocycles. The monoisotopic (exact) mass is 492 g/mol. The number of halogens is 2. The quantitative estimate of drug-likeness (QED) is 0.444. The molecule has 0 saturated heterocycles. The van der Waals surface area contributed by atoms with Gasteiger partial charge < -0.3 is 10.1 Å². The molecule has 0 aliphatic heterocycles. The van der Waals surface area contributed by atoms with Gasteiger partial charge in [-0.2, -0.15) is 4.31 Å². The van der Waals surface area contributed by atoms with Gasteiger partial charge in [-0.3, -0.25) is 4.79 Å². The Morgan fingerprint density at radius 2 is 1.62 bits per heavy atom. The molecule has 0 radical (unpaired) electrons. The standard InChI is InChI=1S/C23H22Cl2N2O4S/c1-2-31-20-11-9-19(10-12-20)26-23(28)16-27(15-17-5-3-4-6-22(17)25)32(29,30)21-13-7-18(24)8-14-21/h3-14H,2,15-16H2,1H3,(H,26,28). The van der Waals surface area contributed by atoms with Crippen LogP contribution in [0.2, 0.25) is 10.0 Å². The molecule has 3 rings (SSSR count). The molecule has 9 heteroatoms. The summed E-state index contributed by atoms with van der Waals surface area (Å²) in [7, 11) is -4.00. The van der Waals surface area contributed by atoms with Gasteiger partial charge in [0.25, 0.3) is 0 Å². The van der Waals surface area contributed by atoms with Gasteiger partial charge in [-0.1, -0.05) is 41.4 Å². The van der Waals surface area contributed by atoms with E-state index in [4.69, 9.17) is 27.9 Å². The number of hydrogen-bond donors (Lipinski definition) is 1. The average Bonchev–Trinajstić information content (AvgIpc) is 2.76. The molecule has 0 atom stereocenters. The molecule has 3 aromatic rings. The van der Waals surface area contributed by atoms with E-state index >= 15 is 0 Å². The molecule has 0 saturated carbocycles. The van der Waals surface area contributed by atoms with Crippen LogP contribution in [0, 0.1) is 0 Å². The molecule has 0 aliphatic carbocycles. The highest BCUT2D eigenvalue weighted by molar-refractivity contribution is 7.89. The van der Waals surface area contributed by atoms with E-state index < -0.39 is 22.5 Å². The van der Waals surface area contributed by atoms with Gasteiger partial charge in [-0.25, -0.2) is 8.42 Å². The van der Waals surface area contributed by atoms with E-state index in [0.717, 1.165) is 4.31 Å². The molecule has 1 amide bonds. The summed E-state index contributed by atoms with van der Waals surface area (Å²) in [5.74, 6) is 0.190. The van der Waals surface area contributed by atoms with E-state index in [2.05, 4.69) is 5.32 Å². The van der Waals surface area contributed by atoms with Gasteiger partial charge in [0, 0.05) is 22.3 Å². The summed E-state index contributed by atoms with van der Waals surface area (Å²) in [5.41, 5.74) is 1.11. The van der Waals surface area contributed by atoms with E-state index in [9.17, 15) is 13.2 Å². The van der Waals surface area contributed by atoms with Crippen LogP contribution < -0.4 is 10.1 Å². The van der Waals surface area contributed by atoms with Crippen molar-refractivity contribution in [3.05, 3.63) is 88.4 Å². The van der Waals surface area contributed by atoms with Crippen molar-refractivity contribution >= 4 is 44.8 Å². The van der Waals surface area contributed by atoms with Crippen molar-refractivity contribution < 1.29 is 17.9 Å². The molecule has 0 aliphatic rings. The summed E-state index contributed by atoms with van der Waals surface area (Å²) in [5, 5.41) is 3.54. The number of hydrogen-bond acceptors (Lipinski definition) is 4. The highest BCUT2D eigenvalue weighted by Crippen LogP contribution is 2.24. The van der Waals surface area contributed by atoms with Gasteiger partial charge in [0.05, 0.1) is 18.0 Å². The number of carbonyl (C=O) groups excluding carboxylic acids is 1. The third kappa shape index (κ3) is 6.23. The number of nitrogens with zero attached hydrogens (tertiary/aromatic N) is 1. The van der Waals surface area contributed by atoms with Crippen molar-refractivity contribution in [1.29, 1.82) is 0 Å². The molecule has 0 aromatic heterocycles. The van der Waals surface area contributed by atoms with Gasteiger partial charge in [0.15, 0.2) is 0 Å². The maximum atomic E-state index is 13.3. The summed E-state index contributed by atoms with van der Waals surface area (Å²) in [6.45, 7) is 1.94.